The molecule has 0 radical (unpaired) electrons. The van der Waals surface area contributed by atoms with Gasteiger partial charge in [0.15, 0.2) is 11.5 Å². The normalized spacial score (nSPS) is 19.5. The lowest BCUT2D eigenvalue weighted by Crippen LogP contribution is -2.41. The standard InChI is InChI=1S/C32H43N3O4/c1-4-6-7-15-31(37)33-26-12-10-11-23(18-26)21-35-27(22-36)19-24(5-2)32(34-35)25-16-17-29(38-3)30(20-25)39-28-13-8-9-14-28/h10-12,16-18,20,22,24,27-28H,4-9,13-15,19,21H2,1-3H3,(H,33,37). The molecule has 1 saturated carbocycles. The lowest BCUT2D eigenvalue weighted by molar-refractivity contribution is -0.116. The largest absolute Gasteiger partial charge is 0.493 e. The molecular formula is C32H43N3O4. The molecule has 1 heterocycles. The number of methoxy groups -OCH3 is 1. The van der Waals surface area contributed by atoms with Gasteiger partial charge in [-0.3, -0.25) is 9.80 Å². The summed E-state index contributed by atoms with van der Waals surface area (Å²) in [6.45, 7) is 4.75. The number of amides is 1. The highest BCUT2D eigenvalue weighted by molar-refractivity contribution is 6.03. The molecule has 2 atom stereocenters. The minimum Gasteiger partial charge on any atom is -0.493 e. The minimum atomic E-state index is -0.307. The Kier molecular flexibility index (Phi) is 10.4. The van der Waals surface area contributed by atoms with E-state index in [1.807, 2.05) is 47.5 Å². The molecule has 1 aliphatic heterocycles. The first-order valence-electron chi connectivity index (χ1n) is 14.6. The third kappa shape index (κ3) is 7.61. The maximum atomic E-state index is 12.3. The average Bonchev–Trinajstić information content (AvgIpc) is 3.46. The number of benzene rings is 2. The molecule has 0 spiro atoms. The molecule has 39 heavy (non-hydrogen) atoms. The van der Waals surface area contributed by atoms with Crippen LogP contribution >= 0.6 is 0 Å². The first kappa shape index (κ1) is 28.7. The summed E-state index contributed by atoms with van der Waals surface area (Å²) in [5.41, 5.74) is 3.73. The summed E-state index contributed by atoms with van der Waals surface area (Å²) >= 11 is 0. The number of hydrogen-bond donors (Lipinski definition) is 1. The van der Waals surface area contributed by atoms with Gasteiger partial charge in [-0.1, -0.05) is 38.8 Å². The number of hydrogen-bond acceptors (Lipinski definition) is 6. The minimum absolute atomic E-state index is 0.0329. The maximum Gasteiger partial charge on any atom is 0.224 e. The van der Waals surface area contributed by atoms with Gasteiger partial charge >= 0.3 is 0 Å². The predicted octanol–water partition coefficient (Wildman–Crippen LogP) is 6.74. The molecule has 0 aromatic heterocycles. The second-order valence-electron chi connectivity index (χ2n) is 10.7. The van der Waals surface area contributed by atoms with E-state index in [-0.39, 0.29) is 24.0 Å². The van der Waals surface area contributed by atoms with Crippen LogP contribution in [0.5, 0.6) is 11.5 Å². The van der Waals surface area contributed by atoms with Crippen LogP contribution in [0.3, 0.4) is 0 Å². The second-order valence-corrected chi connectivity index (χ2v) is 10.7. The fourth-order valence-electron chi connectivity index (χ4n) is 5.56. The van der Waals surface area contributed by atoms with E-state index in [4.69, 9.17) is 14.6 Å². The Bertz CT molecular complexity index is 1140. The SMILES string of the molecule is CCCCCC(=O)Nc1cccc(CN2N=C(c3ccc(OC)c(OC4CCCC4)c3)C(CC)CC2C=O)c1. The van der Waals surface area contributed by atoms with E-state index in [1.165, 1.54) is 12.8 Å². The van der Waals surface area contributed by atoms with E-state index < -0.39 is 0 Å². The van der Waals surface area contributed by atoms with Gasteiger partial charge < -0.3 is 19.6 Å². The molecule has 2 aliphatic rings. The highest BCUT2D eigenvalue weighted by Crippen LogP contribution is 2.35. The quantitative estimate of drug-likeness (QED) is 0.228. The molecule has 2 unspecified atom stereocenters. The Labute approximate surface area is 233 Å². The Morgan fingerprint density at radius 1 is 1.10 bits per heavy atom. The van der Waals surface area contributed by atoms with Crippen molar-refractivity contribution in [3.63, 3.8) is 0 Å². The summed E-state index contributed by atoms with van der Waals surface area (Å²) in [7, 11) is 1.67. The van der Waals surface area contributed by atoms with Gasteiger partial charge in [0.05, 0.1) is 25.5 Å². The van der Waals surface area contributed by atoms with Gasteiger partial charge in [0.1, 0.15) is 12.3 Å². The number of anilines is 1. The van der Waals surface area contributed by atoms with Crippen molar-refractivity contribution in [2.45, 2.75) is 96.7 Å². The Hall–Kier alpha value is -3.35. The zero-order chi connectivity index (χ0) is 27.6. The number of unbranched alkanes of at least 4 members (excludes halogenated alkanes) is 2. The van der Waals surface area contributed by atoms with Crippen LogP contribution in [0, 0.1) is 5.92 Å². The molecule has 2 aromatic carbocycles. The van der Waals surface area contributed by atoms with Gasteiger partial charge in [-0.15, -0.1) is 0 Å². The van der Waals surface area contributed by atoms with Crippen LogP contribution in [-0.2, 0) is 16.1 Å². The van der Waals surface area contributed by atoms with Crippen molar-refractivity contribution in [3.8, 4) is 11.5 Å². The van der Waals surface area contributed by atoms with Gasteiger partial charge in [0.25, 0.3) is 0 Å². The van der Waals surface area contributed by atoms with Gasteiger partial charge in [-0.25, -0.2) is 0 Å². The summed E-state index contributed by atoms with van der Waals surface area (Å²) in [5, 5.41) is 9.96. The highest BCUT2D eigenvalue weighted by atomic mass is 16.5. The first-order valence-corrected chi connectivity index (χ1v) is 14.6. The van der Waals surface area contributed by atoms with E-state index in [9.17, 15) is 9.59 Å². The molecule has 7 heteroatoms. The van der Waals surface area contributed by atoms with E-state index in [0.29, 0.717) is 19.4 Å². The monoisotopic (exact) mass is 533 g/mol. The second kappa shape index (κ2) is 14.2. The number of rotatable bonds is 13. The Morgan fingerprint density at radius 2 is 1.92 bits per heavy atom. The number of nitrogens with one attached hydrogen (secondary N) is 1. The molecule has 210 valence electrons. The van der Waals surface area contributed by atoms with Crippen LogP contribution in [0.15, 0.2) is 47.6 Å². The van der Waals surface area contributed by atoms with Crippen LogP contribution in [0.2, 0.25) is 0 Å². The lowest BCUT2D eigenvalue weighted by Gasteiger charge is -2.35. The topological polar surface area (TPSA) is 80.2 Å². The number of hydrazone groups is 1. The number of ether oxygens (including phenoxy) is 2. The van der Waals surface area contributed by atoms with Gasteiger partial charge in [-0.2, -0.15) is 5.10 Å². The van der Waals surface area contributed by atoms with Crippen molar-refractivity contribution >= 4 is 23.6 Å². The molecular weight excluding hydrogens is 490 g/mol. The van der Waals surface area contributed by atoms with Crippen molar-refractivity contribution in [1.82, 2.24) is 5.01 Å². The molecule has 7 nitrogen and oxygen atoms in total. The molecule has 1 N–H and O–H groups in total. The van der Waals surface area contributed by atoms with E-state index in [0.717, 1.165) is 78.8 Å². The third-order valence-electron chi connectivity index (χ3n) is 7.80. The van der Waals surface area contributed by atoms with Crippen molar-refractivity contribution in [2.24, 2.45) is 11.0 Å². The van der Waals surface area contributed by atoms with E-state index in [1.54, 1.807) is 7.11 Å². The van der Waals surface area contributed by atoms with Crippen LogP contribution in [0.1, 0.15) is 89.2 Å². The van der Waals surface area contributed by atoms with Crippen LogP contribution in [-0.4, -0.2) is 42.2 Å². The predicted molar refractivity (Wildman–Crippen MR) is 155 cm³/mol. The van der Waals surface area contributed by atoms with Gasteiger partial charge in [0.2, 0.25) is 5.91 Å². The summed E-state index contributed by atoms with van der Waals surface area (Å²) in [4.78, 5) is 24.5. The molecule has 2 aromatic rings. The molecule has 1 fully saturated rings. The third-order valence-corrected chi connectivity index (χ3v) is 7.80. The average molecular weight is 534 g/mol. The van der Waals surface area contributed by atoms with Crippen LogP contribution in [0.25, 0.3) is 0 Å². The number of aldehydes is 1. The van der Waals surface area contributed by atoms with Gasteiger partial charge in [-0.05, 0) is 80.8 Å². The smallest absolute Gasteiger partial charge is 0.224 e. The summed E-state index contributed by atoms with van der Waals surface area (Å²) in [6.07, 6.45) is 10.9. The van der Waals surface area contributed by atoms with Crippen LogP contribution < -0.4 is 14.8 Å². The fraction of sp³-hybridized carbons (Fsp3) is 0.531. The molecule has 4 rings (SSSR count). The number of carbonyl (C=O) groups excluding carboxylic acids is 2. The zero-order valence-corrected chi connectivity index (χ0v) is 23.7. The van der Waals surface area contributed by atoms with Gasteiger partial charge in [0, 0.05) is 23.6 Å². The molecule has 0 saturated heterocycles. The highest BCUT2D eigenvalue weighted by Gasteiger charge is 2.31. The van der Waals surface area contributed by atoms with E-state index >= 15 is 0 Å². The zero-order valence-electron chi connectivity index (χ0n) is 23.7. The number of nitrogens with zero attached hydrogens (tertiary/aromatic N) is 2. The maximum absolute atomic E-state index is 12.3. The summed E-state index contributed by atoms with van der Waals surface area (Å²) in [5.74, 6) is 1.68. The van der Waals surface area contributed by atoms with Crippen molar-refractivity contribution in [2.75, 3.05) is 12.4 Å². The fourth-order valence-corrected chi connectivity index (χ4v) is 5.56. The van der Waals surface area contributed by atoms with Crippen molar-refractivity contribution < 1.29 is 19.1 Å². The Morgan fingerprint density at radius 3 is 2.64 bits per heavy atom. The first-order chi connectivity index (χ1) is 19.0. The summed E-state index contributed by atoms with van der Waals surface area (Å²) in [6, 6.07) is 13.6. The summed E-state index contributed by atoms with van der Waals surface area (Å²) < 4.78 is 12.0. The molecule has 1 amide bonds. The van der Waals surface area contributed by atoms with E-state index in [2.05, 4.69) is 19.2 Å². The molecule has 0 bridgehead atoms. The lowest BCUT2D eigenvalue weighted by atomic mass is 9.87. The number of carbonyl (C=O) groups is 2. The Balaban J connectivity index is 1.56. The van der Waals surface area contributed by atoms with Crippen molar-refractivity contribution in [1.29, 1.82) is 0 Å². The van der Waals surface area contributed by atoms with Crippen molar-refractivity contribution in [3.05, 3.63) is 53.6 Å². The van der Waals surface area contributed by atoms with Crippen LogP contribution in [0.4, 0.5) is 5.69 Å². The molecule has 1 aliphatic carbocycles.